The molecule has 0 bridgehead atoms. The van der Waals surface area contributed by atoms with E-state index in [0.717, 1.165) is 10.6 Å². The summed E-state index contributed by atoms with van der Waals surface area (Å²) in [5.74, 6) is 1.39. The molecule has 2 aromatic rings. The number of benzene rings is 1. The van der Waals surface area contributed by atoms with Gasteiger partial charge in [-0.3, -0.25) is 4.99 Å². The number of aryl methyl sites for hydroxylation is 1. The highest BCUT2D eigenvalue weighted by molar-refractivity contribution is 7.11. The summed E-state index contributed by atoms with van der Waals surface area (Å²) in [6.45, 7) is 3.14. The fraction of sp³-hybridized carbons (Fsp3) is 0.375. The molecule has 0 saturated heterocycles. The van der Waals surface area contributed by atoms with Gasteiger partial charge in [-0.05, 0) is 24.6 Å². The van der Waals surface area contributed by atoms with E-state index in [1.165, 1.54) is 19.1 Å². The molecule has 1 heterocycles. The number of aromatic hydroxyl groups is 1. The van der Waals surface area contributed by atoms with Gasteiger partial charge >= 0.3 is 0 Å². The van der Waals surface area contributed by atoms with Crippen LogP contribution < -0.4 is 20.1 Å². The number of rotatable bonds is 6. The zero-order valence-corrected chi connectivity index (χ0v) is 15.0. The molecule has 0 amide bonds. The van der Waals surface area contributed by atoms with Crippen molar-refractivity contribution in [2.24, 2.45) is 4.99 Å². The van der Waals surface area contributed by atoms with E-state index < -0.39 is 0 Å². The first-order chi connectivity index (χ1) is 11.6. The number of hydrogen-bond acceptors (Lipinski definition) is 6. The lowest BCUT2D eigenvalue weighted by molar-refractivity contribution is 0.339. The highest BCUT2D eigenvalue weighted by atomic mass is 32.1. The summed E-state index contributed by atoms with van der Waals surface area (Å²) in [6.07, 6.45) is 1.85. The summed E-state index contributed by atoms with van der Waals surface area (Å²) in [5.41, 5.74) is 0.898. The molecule has 0 fully saturated rings. The zero-order valence-electron chi connectivity index (χ0n) is 14.2. The van der Waals surface area contributed by atoms with Gasteiger partial charge in [0.2, 0.25) is 5.75 Å². The van der Waals surface area contributed by atoms with Gasteiger partial charge in [-0.1, -0.05) is 0 Å². The number of methoxy groups -OCH3 is 2. The molecular formula is C16H22N4O3S. The van der Waals surface area contributed by atoms with Gasteiger partial charge in [0.05, 0.1) is 20.8 Å². The van der Waals surface area contributed by atoms with Gasteiger partial charge in [0.1, 0.15) is 5.01 Å². The Morgan fingerprint density at radius 3 is 2.33 bits per heavy atom. The largest absolute Gasteiger partial charge is 0.502 e. The first-order valence-corrected chi connectivity index (χ1v) is 8.18. The predicted octanol–water partition coefficient (Wildman–Crippen LogP) is 2.04. The summed E-state index contributed by atoms with van der Waals surface area (Å²) in [7, 11) is 4.71. The number of ether oxygens (including phenoxy) is 2. The van der Waals surface area contributed by atoms with Crippen LogP contribution >= 0.6 is 11.3 Å². The van der Waals surface area contributed by atoms with E-state index >= 15 is 0 Å². The molecule has 0 aliphatic heterocycles. The normalized spacial score (nSPS) is 11.2. The molecule has 3 N–H and O–H groups in total. The monoisotopic (exact) mass is 350 g/mol. The third-order valence-corrected chi connectivity index (χ3v) is 4.21. The number of guanidine groups is 1. The molecule has 0 unspecified atom stereocenters. The molecule has 0 saturated carbocycles. The molecule has 0 atom stereocenters. The lowest BCUT2D eigenvalue weighted by Gasteiger charge is -2.14. The van der Waals surface area contributed by atoms with Crippen molar-refractivity contribution in [1.82, 2.24) is 15.6 Å². The molecular weight excluding hydrogens is 328 g/mol. The first-order valence-electron chi connectivity index (χ1n) is 7.37. The topological polar surface area (TPSA) is 88.0 Å². The van der Waals surface area contributed by atoms with Crippen LogP contribution in [0.2, 0.25) is 0 Å². The number of phenolic OH excluding ortho intramolecular Hbond substituents is 1. The molecule has 130 valence electrons. The Kier molecular flexibility index (Phi) is 6.25. The number of aromatic nitrogens is 1. The standard InChI is InChI=1S/C16H22N4O3S/c1-10-7-18-14(24-10)9-20-16(17-2)19-8-11-5-12(22-3)15(21)13(6-11)23-4/h5-7,21H,8-9H2,1-4H3,(H2,17,19,20). The fourth-order valence-electron chi connectivity index (χ4n) is 2.10. The Morgan fingerprint density at radius 1 is 1.21 bits per heavy atom. The van der Waals surface area contributed by atoms with Gasteiger partial charge in [0.25, 0.3) is 0 Å². The molecule has 1 aromatic heterocycles. The third-order valence-electron chi connectivity index (χ3n) is 3.30. The zero-order chi connectivity index (χ0) is 17.5. The molecule has 0 radical (unpaired) electrons. The number of nitrogens with one attached hydrogen (secondary N) is 2. The van der Waals surface area contributed by atoms with Crippen LogP contribution in [0.15, 0.2) is 23.3 Å². The highest BCUT2D eigenvalue weighted by Gasteiger charge is 2.11. The van der Waals surface area contributed by atoms with Crippen LogP contribution in [0.5, 0.6) is 17.2 Å². The minimum atomic E-state index is -0.00889. The summed E-state index contributed by atoms with van der Waals surface area (Å²) >= 11 is 1.65. The summed E-state index contributed by atoms with van der Waals surface area (Å²) in [6, 6.07) is 3.50. The predicted molar refractivity (Wildman–Crippen MR) is 95.1 cm³/mol. The Hall–Kier alpha value is -2.48. The van der Waals surface area contributed by atoms with Crippen molar-refractivity contribution in [2.45, 2.75) is 20.0 Å². The number of phenols is 1. The Labute approximate surface area is 145 Å². The van der Waals surface area contributed by atoms with Gasteiger partial charge in [-0.25, -0.2) is 4.98 Å². The fourth-order valence-corrected chi connectivity index (χ4v) is 2.83. The van der Waals surface area contributed by atoms with E-state index in [2.05, 4.69) is 20.6 Å². The van der Waals surface area contributed by atoms with Gasteiger partial charge < -0.3 is 25.2 Å². The van der Waals surface area contributed by atoms with Crippen LogP contribution in [0.4, 0.5) is 0 Å². The molecule has 8 heteroatoms. The average molecular weight is 350 g/mol. The second-order valence-corrected chi connectivity index (χ2v) is 6.31. The lowest BCUT2D eigenvalue weighted by Crippen LogP contribution is -2.36. The second-order valence-electron chi connectivity index (χ2n) is 4.99. The molecule has 0 spiro atoms. The molecule has 24 heavy (non-hydrogen) atoms. The quantitative estimate of drug-likeness (QED) is 0.546. The van der Waals surface area contributed by atoms with E-state index in [4.69, 9.17) is 9.47 Å². The summed E-state index contributed by atoms with van der Waals surface area (Å²) in [5, 5.41) is 17.4. The van der Waals surface area contributed by atoms with Crippen molar-refractivity contribution in [3.8, 4) is 17.2 Å². The minimum absolute atomic E-state index is 0.00889. The maximum atomic E-state index is 9.94. The van der Waals surface area contributed by atoms with Crippen LogP contribution in [-0.4, -0.2) is 37.3 Å². The first kappa shape index (κ1) is 17.9. The van der Waals surface area contributed by atoms with Gasteiger partial charge in [-0.2, -0.15) is 0 Å². The van der Waals surface area contributed by atoms with Crippen molar-refractivity contribution in [3.63, 3.8) is 0 Å². The van der Waals surface area contributed by atoms with E-state index in [-0.39, 0.29) is 5.75 Å². The Bertz CT molecular complexity index is 690. The number of thiazole rings is 1. The maximum absolute atomic E-state index is 9.94. The van der Waals surface area contributed by atoms with E-state index in [9.17, 15) is 5.11 Å². The lowest BCUT2D eigenvalue weighted by atomic mass is 10.2. The van der Waals surface area contributed by atoms with Crippen LogP contribution in [-0.2, 0) is 13.1 Å². The van der Waals surface area contributed by atoms with E-state index in [0.29, 0.717) is 30.5 Å². The van der Waals surface area contributed by atoms with Crippen molar-refractivity contribution in [3.05, 3.63) is 33.8 Å². The van der Waals surface area contributed by atoms with Gasteiger partial charge in [0.15, 0.2) is 17.5 Å². The number of nitrogens with zero attached hydrogens (tertiary/aromatic N) is 2. The van der Waals surface area contributed by atoms with Gasteiger partial charge in [-0.15, -0.1) is 11.3 Å². The second kappa shape index (κ2) is 8.39. The van der Waals surface area contributed by atoms with Crippen molar-refractivity contribution >= 4 is 17.3 Å². The maximum Gasteiger partial charge on any atom is 0.200 e. The molecule has 2 rings (SSSR count). The van der Waals surface area contributed by atoms with Crippen LogP contribution in [0.25, 0.3) is 0 Å². The van der Waals surface area contributed by atoms with E-state index in [1.54, 1.807) is 30.5 Å². The molecule has 1 aromatic carbocycles. The molecule has 7 nitrogen and oxygen atoms in total. The number of aliphatic imine (C=N–C) groups is 1. The van der Waals surface area contributed by atoms with E-state index in [1.807, 2.05) is 13.1 Å². The summed E-state index contributed by atoms with van der Waals surface area (Å²) < 4.78 is 10.3. The van der Waals surface area contributed by atoms with Crippen molar-refractivity contribution in [1.29, 1.82) is 0 Å². The smallest absolute Gasteiger partial charge is 0.200 e. The van der Waals surface area contributed by atoms with Crippen molar-refractivity contribution in [2.75, 3.05) is 21.3 Å². The van der Waals surface area contributed by atoms with Crippen molar-refractivity contribution < 1.29 is 14.6 Å². The van der Waals surface area contributed by atoms with Crippen LogP contribution in [0.1, 0.15) is 15.4 Å². The molecule has 0 aliphatic carbocycles. The van der Waals surface area contributed by atoms with Gasteiger partial charge in [0, 0.05) is 24.7 Å². The third kappa shape index (κ3) is 4.51. The van der Waals surface area contributed by atoms with Crippen LogP contribution in [0.3, 0.4) is 0 Å². The summed E-state index contributed by atoms with van der Waals surface area (Å²) in [4.78, 5) is 9.67. The highest BCUT2D eigenvalue weighted by Crippen LogP contribution is 2.36. The Morgan fingerprint density at radius 2 is 1.83 bits per heavy atom. The number of hydrogen-bond donors (Lipinski definition) is 3. The Balaban J connectivity index is 1.97. The average Bonchev–Trinajstić information content (AvgIpc) is 3.01. The van der Waals surface area contributed by atoms with Crippen LogP contribution in [0, 0.1) is 6.92 Å². The SMILES string of the molecule is CN=C(NCc1cc(OC)c(O)c(OC)c1)NCc1ncc(C)s1. The minimum Gasteiger partial charge on any atom is -0.502 e. The molecule has 0 aliphatic rings.